The molecule has 1 aromatic carbocycles. The van der Waals surface area contributed by atoms with Crippen LogP contribution in [-0.4, -0.2) is 0 Å². The van der Waals surface area contributed by atoms with Crippen LogP contribution in [-0.2, 0) is 6.42 Å². The van der Waals surface area contributed by atoms with Crippen LogP contribution in [0.3, 0.4) is 0 Å². The minimum atomic E-state index is 0. The van der Waals surface area contributed by atoms with Crippen LogP contribution in [0.1, 0.15) is 74.0 Å². The fourth-order valence-electron chi connectivity index (χ4n) is 4.42. The van der Waals surface area contributed by atoms with Gasteiger partial charge in [-0.05, 0) is 72.5 Å². The van der Waals surface area contributed by atoms with E-state index in [1.807, 2.05) is 0 Å². The van der Waals surface area contributed by atoms with E-state index < -0.39 is 0 Å². The van der Waals surface area contributed by atoms with Crippen molar-refractivity contribution in [1.82, 2.24) is 0 Å². The Hall–Kier alpha value is -0.200. The zero-order valence-corrected chi connectivity index (χ0v) is 13.1. The third kappa shape index (κ3) is 2.03. The third-order valence-electron chi connectivity index (χ3n) is 5.73. The Labute approximate surface area is 127 Å². The van der Waals surface area contributed by atoms with Crippen molar-refractivity contribution in [3.63, 3.8) is 0 Å². The molecule has 0 heterocycles. The van der Waals surface area contributed by atoms with Crippen LogP contribution in [0.5, 0.6) is 0 Å². The topological polar surface area (TPSA) is 0 Å². The maximum atomic E-state index is 6.70. The van der Waals surface area contributed by atoms with E-state index in [0.717, 1.165) is 16.9 Å². The van der Waals surface area contributed by atoms with E-state index in [0.29, 0.717) is 5.41 Å². The zero-order chi connectivity index (χ0) is 12.3. The number of rotatable bonds is 1. The molecule has 104 valence electrons. The van der Waals surface area contributed by atoms with Crippen LogP contribution < -0.4 is 0 Å². The molecule has 2 fully saturated rings. The summed E-state index contributed by atoms with van der Waals surface area (Å²) in [6.45, 7) is 2.50. The number of hydrogen-bond acceptors (Lipinski definition) is 0. The standard InChI is InChI=1S/C17H21Cl.ClH/c1-17-9-2-3-15(17)13-7-6-12(11-4-5-11)16(18)14(13)8-10-17;/h6-7,11,15H,2-5,8-10H2,1H3;1H/t15-,17-;/m1./s1. The number of halogens is 2. The van der Waals surface area contributed by atoms with Gasteiger partial charge in [0.2, 0.25) is 0 Å². The first-order valence-corrected chi connectivity index (χ1v) is 7.88. The van der Waals surface area contributed by atoms with E-state index in [9.17, 15) is 0 Å². The largest absolute Gasteiger partial charge is 0.147 e. The van der Waals surface area contributed by atoms with Gasteiger partial charge in [0.1, 0.15) is 0 Å². The molecule has 1 aromatic rings. The summed E-state index contributed by atoms with van der Waals surface area (Å²) in [5.41, 5.74) is 5.11. The van der Waals surface area contributed by atoms with Crippen LogP contribution in [0, 0.1) is 5.41 Å². The normalized spacial score (nSPS) is 32.4. The molecule has 0 radical (unpaired) electrons. The van der Waals surface area contributed by atoms with Gasteiger partial charge in [-0.3, -0.25) is 0 Å². The smallest absolute Gasteiger partial charge is 0.0475 e. The predicted octanol–water partition coefficient (Wildman–Crippen LogP) is 5.86. The third-order valence-corrected chi connectivity index (χ3v) is 6.18. The molecular weight excluding hydrogens is 275 g/mol. The minimum absolute atomic E-state index is 0. The summed E-state index contributed by atoms with van der Waals surface area (Å²) < 4.78 is 0. The van der Waals surface area contributed by atoms with Gasteiger partial charge >= 0.3 is 0 Å². The summed E-state index contributed by atoms with van der Waals surface area (Å²) in [6.07, 6.45) is 9.45. The van der Waals surface area contributed by atoms with E-state index in [1.165, 1.54) is 56.1 Å². The Morgan fingerprint density at radius 1 is 1.11 bits per heavy atom. The molecule has 4 rings (SSSR count). The first kappa shape index (κ1) is 13.8. The van der Waals surface area contributed by atoms with Crippen molar-refractivity contribution in [3.05, 3.63) is 33.8 Å². The number of benzene rings is 1. The van der Waals surface area contributed by atoms with Gasteiger partial charge in [-0.2, -0.15) is 0 Å². The van der Waals surface area contributed by atoms with Crippen LogP contribution in [0.2, 0.25) is 5.02 Å². The second-order valence-electron chi connectivity index (χ2n) is 6.91. The lowest BCUT2D eigenvalue weighted by molar-refractivity contribution is 0.252. The molecule has 0 N–H and O–H groups in total. The van der Waals surface area contributed by atoms with E-state index in [2.05, 4.69) is 19.1 Å². The molecule has 0 aliphatic heterocycles. The Bertz CT molecular complexity index is 504. The molecule has 0 nitrogen and oxygen atoms in total. The van der Waals surface area contributed by atoms with Crippen molar-refractivity contribution in [3.8, 4) is 0 Å². The monoisotopic (exact) mass is 296 g/mol. The van der Waals surface area contributed by atoms with E-state index in [1.54, 1.807) is 5.56 Å². The number of hydrogen-bond donors (Lipinski definition) is 0. The van der Waals surface area contributed by atoms with Crippen molar-refractivity contribution in [2.45, 2.75) is 63.7 Å². The molecule has 0 spiro atoms. The van der Waals surface area contributed by atoms with Crippen LogP contribution in [0.4, 0.5) is 0 Å². The maximum absolute atomic E-state index is 6.70. The summed E-state index contributed by atoms with van der Waals surface area (Å²) in [7, 11) is 0. The van der Waals surface area contributed by atoms with E-state index in [4.69, 9.17) is 11.6 Å². The average Bonchev–Trinajstić information content (AvgIpc) is 3.10. The molecule has 19 heavy (non-hydrogen) atoms. The van der Waals surface area contributed by atoms with Gasteiger partial charge in [0.15, 0.2) is 0 Å². The van der Waals surface area contributed by atoms with Crippen LogP contribution >= 0.6 is 24.0 Å². The lowest BCUT2D eigenvalue weighted by Crippen LogP contribution is -2.26. The molecule has 0 saturated heterocycles. The molecule has 0 unspecified atom stereocenters. The predicted molar refractivity (Wildman–Crippen MR) is 83.7 cm³/mol. The van der Waals surface area contributed by atoms with Gasteiger partial charge < -0.3 is 0 Å². The van der Waals surface area contributed by atoms with Gasteiger partial charge in [0.25, 0.3) is 0 Å². The molecule has 3 aliphatic carbocycles. The zero-order valence-electron chi connectivity index (χ0n) is 11.5. The van der Waals surface area contributed by atoms with Crippen molar-refractivity contribution in [1.29, 1.82) is 0 Å². The van der Waals surface area contributed by atoms with E-state index >= 15 is 0 Å². The molecule has 0 aromatic heterocycles. The van der Waals surface area contributed by atoms with Crippen molar-refractivity contribution in [2.75, 3.05) is 0 Å². The van der Waals surface area contributed by atoms with Gasteiger partial charge in [-0.1, -0.05) is 37.1 Å². The highest BCUT2D eigenvalue weighted by atomic mass is 35.5. The fourth-order valence-corrected chi connectivity index (χ4v) is 4.84. The first-order chi connectivity index (χ1) is 8.69. The second kappa shape index (κ2) is 4.67. The van der Waals surface area contributed by atoms with Crippen LogP contribution in [0.25, 0.3) is 0 Å². The van der Waals surface area contributed by atoms with Gasteiger partial charge in [-0.25, -0.2) is 0 Å². The summed E-state index contributed by atoms with van der Waals surface area (Å²) in [6, 6.07) is 4.76. The Morgan fingerprint density at radius 2 is 1.84 bits per heavy atom. The molecule has 0 amide bonds. The summed E-state index contributed by atoms with van der Waals surface area (Å²) in [4.78, 5) is 0. The quantitative estimate of drug-likeness (QED) is 0.609. The molecule has 0 bridgehead atoms. The lowest BCUT2D eigenvalue weighted by atomic mass is 9.67. The summed E-state index contributed by atoms with van der Waals surface area (Å²) >= 11 is 6.70. The second-order valence-corrected chi connectivity index (χ2v) is 7.29. The van der Waals surface area contributed by atoms with Crippen molar-refractivity contribution < 1.29 is 0 Å². The Morgan fingerprint density at radius 3 is 2.58 bits per heavy atom. The summed E-state index contributed by atoms with van der Waals surface area (Å²) in [5, 5.41) is 1.13. The maximum Gasteiger partial charge on any atom is 0.0475 e. The molecule has 2 heteroatoms. The SMILES string of the molecule is C[C@]12CCC[C@@H]1c1ccc(C3CC3)c(Cl)c1CC2.Cl. The van der Waals surface area contributed by atoms with Gasteiger partial charge in [0, 0.05) is 5.02 Å². The van der Waals surface area contributed by atoms with E-state index in [-0.39, 0.29) is 12.4 Å². The highest BCUT2D eigenvalue weighted by Gasteiger charge is 2.43. The fraction of sp³-hybridized carbons (Fsp3) is 0.647. The van der Waals surface area contributed by atoms with Crippen molar-refractivity contribution in [2.24, 2.45) is 5.41 Å². The Balaban J connectivity index is 0.00000110. The average molecular weight is 297 g/mol. The summed E-state index contributed by atoms with van der Waals surface area (Å²) in [5.74, 6) is 1.56. The molecule has 2 saturated carbocycles. The first-order valence-electron chi connectivity index (χ1n) is 7.50. The lowest BCUT2D eigenvalue weighted by Gasteiger charge is -2.38. The molecule has 3 aliphatic rings. The molecule has 2 atom stereocenters. The highest BCUT2D eigenvalue weighted by molar-refractivity contribution is 6.32. The molecular formula is C17H22Cl2. The minimum Gasteiger partial charge on any atom is -0.147 e. The highest BCUT2D eigenvalue weighted by Crippen LogP contribution is 2.57. The number of fused-ring (bicyclic) bond motifs is 3. The van der Waals surface area contributed by atoms with Crippen molar-refractivity contribution >= 4 is 24.0 Å². The Kier molecular flexibility index (Phi) is 3.38. The van der Waals surface area contributed by atoms with Gasteiger partial charge in [-0.15, -0.1) is 12.4 Å². The van der Waals surface area contributed by atoms with Crippen LogP contribution in [0.15, 0.2) is 12.1 Å². The van der Waals surface area contributed by atoms with Gasteiger partial charge in [0.05, 0.1) is 0 Å².